The van der Waals surface area contributed by atoms with Crippen molar-refractivity contribution in [3.8, 4) is 0 Å². The summed E-state index contributed by atoms with van der Waals surface area (Å²) in [5.74, 6) is 2.20. The summed E-state index contributed by atoms with van der Waals surface area (Å²) < 4.78 is 6.00. The number of aryl methyl sites for hydroxylation is 1. The molecule has 114 valence electrons. The van der Waals surface area contributed by atoms with Gasteiger partial charge in [0.25, 0.3) is 0 Å². The highest BCUT2D eigenvalue weighted by atomic mass is 16.3. The largest absolute Gasteiger partial charge is 0.463 e. The molecule has 0 saturated carbocycles. The van der Waals surface area contributed by atoms with E-state index in [1.165, 1.54) is 18.5 Å². The van der Waals surface area contributed by atoms with E-state index in [1.54, 1.807) is 0 Å². The predicted octanol–water partition coefficient (Wildman–Crippen LogP) is 2.22. The van der Waals surface area contributed by atoms with E-state index in [-0.39, 0.29) is 0 Å². The summed E-state index contributed by atoms with van der Waals surface area (Å²) >= 11 is 0. The van der Waals surface area contributed by atoms with Crippen LogP contribution in [0.1, 0.15) is 36.8 Å². The van der Waals surface area contributed by atoms with Crippen molar-refractivity contribution in [3.63, 3.8) is 0 Å². The second-order valence-corrected chi connectivity index (χ2v) is 6.14. The van der Waals surface area contributed by atoms with Gasteiger partial charge in [0, 0.05) is 19.1 Å². The smallest absolute Gasteiger partial charge is 0.120 e. The molecule has 0 aromatic carbocycles. The number of nitrogens with zero attached hydrogens (tertiary/aromatic N) is 2. The molecule has 1 unspecified atom stereocenters. The number of likely N-dealkylation sites (N-methyl/N-ethyl adjacent to an activating group) is 1. The number of hydrogen-bond acceptors (Lipinski definition) is 4. The fourth-order valence-corrected chi connectivity index (χ4v) is 2.82. The topological polar surface area (TPSA) is 31.7 Å². The van der Waals surface area contributed by atoms with Gasteiger partial charge in [0.15, 0.2) is 0 Å². The first kappa shape index (κ1) is 15.5. The van der Waals surface area contributed by atoms with Crippen molar-refractivity contribution < 1.29 is 4.42 Å². The Morgan fingerprint density at radius 2 is 2.25 bits per heavy atom. The highest BCUT2D eigenvalue weighted by Gasteiger charge is 2.24. The van der Waals surface area contributed by atoms with Gasteiger partial charge < -0.3 is 14.6 Å². The van der Waals surface area contributed by atoms with Crippen LogP contribution in [-0.2, 0) is 13.1 Å². The average molecular weight is 279 g/mol. The minimum Gasteiger partial charge on any atom is -0.463 e. The minimum absolute atomic E-state index is 0.691. The first-order chi connectivity index (χ1) is 9.60. The van der Waals surface area contributed by atoms with E-state index in [2.05, 4.69) is 49.1 Å². The highest BCUT2D eigenvalue weighted by Crippen LogP contribution is 2.20. The lowest BCUT2D eigenvalue weighted by atomic mass is 10.2. The van der Waals surface area contributed by atoms with E-state index >= 15 is 0 Å². The highest BCUT2D eigenvalue weighted by molar-refractivity contribution is 5.20. The number of hydrogen-bond donors (Lipinski definition) is 1. The van der Waals surface area contributed by atoms with Crippen LogP contribution in [0.4, 0.5) is 0 Å². The second kappa shape index (κ2) is 7.25. The molecule has 1 aliphatic heterocycles. The molecule has 1 aliphatic rings. The standard InChI is InChI=1S/C16H29N3O/c1-5-7-17-10-16-13(2)9-15(20-16)12-19-8-6-14(11-19)18(3)4/h9,14,17H,5-8,10-12H2,1-4H3. The molecule has 0 spiro atoms. The molecule has 20 heavy (non-hydrogen) atoms. The summed E-state index contributed by atoms with van der Waals surface area (Å²) in [6.07, 6.45) is 2.42. The molecule has 1 fully saturated rings. The molecule has 4 heteroatoms. The van der Waals surface area contributed by atoms with Crippen LogP contribution in [-0.4, -0.2) is 49.6 Å². The number of nitrogens with one attached hydrogen (secondary N) is 1. The Morgan fingerprint density at radius 1 is 1.45 bits per heavy atom. The van der Waals surface area contributed by atoms with Crippen molar-refractivity contribution in [3.05, 3.63) is 23.2 Å². The van der Waals surface area contributed by atoms with Crippen LogP contribution in [0.15, 0.2) is 10.5 Å². The van der Waals surface area contributed by atoms with E-state index in [9.17, 15) is 0 Å². The molecule has 1 saturated heterocycles. The van der Waals surface area contributed by atoms with Crippen LogP contribution in [0, 0.1) is 6.92 Å². The third kappa shape index (κ3) is 4.08. The molecule has 2 rings (SSSR count). The maximum Gasteiger partial charge on any atom is 0.120 e. The van der Waals surface area contributed by atoms with E-state index in [1.807, 2.05) is 0 Å². The van der Waals surface area contributed by atoms with E-state index in [0.717, 1.165) is 44.1 Å². The van der Waals surface area contributed by atoms with Crippen molar-refractivity contribution >= 4 is 0 Å². The van der Waals surface area contributed by atoms with Crippen LogP contribution < -0.4 is 5.32 Å². The van der Waals surface area contributed by atoms with Crippen LogP contribution in [0.5, 0.6) is 0 Å². The normalized spacial score (nSPS) is 20.1. The maximum absolute atomic E-state index is 6.00. The van der Waals surface area contributed by atoms with Crippen LogP contribution in [0.3, 0.4) is 0 Å². The Bertz CT molecular complexity index is 414. The quantitative estimate of drug-likeness (QED) is 0.776. The first-order valence-corrected chi connectivity index (χ1v) is 7.77. The van der Waals surface area contributed by atoms with E-state index in [0.29, 0.717) is 6.04 Å². The zero-order chi connectivity index (χ0) is 14.5. The third-order valence-corrected chi connectivity index (χ3v) is 4.14. The van der Waals surface area contributed by atoms with Crippen molar-refractivity contribution in [2.24, 2.45) is 0 Å². The monoisotopic (exact) mass is 279 g/mol. The second-order valence-electron chi connectivity index (χ2n) is 6.14. The summed E-state index contributed by atoms with van der Waals surface area (Å²) in [6, 6.07) is 2.89. The van der Waals surface area contributed by atoms with Gasteiger partial charge in [-0.3, -0.25) is 4.90 Å². The van der Waals surface area contributed by atoms with Crippen LogP contribution in [0.25, 0.3) is 0 Å². The van der Waals surface area contributed by atoms with E-state index in [4.69, 9.17) is 4.42 Å². The molecular formula is C16H29N3O. The summed E-state index contributed by atoms with van der Waals surface area (Å²) in [5.41, 5.74) is 1.27. The molecule has 2 heterocycles. The molecule has 1 atom stereocenters. The zero-order valence-electron chi connectivity index (χ0n) is 13.4. The molecule has 0 aliphatic carbocycles. The molecule has 1 N–H and O–H groups in total. The van der Waals surface area contributed by atoms with Crippen LogP contribution in [0.2, 0.25) is 0 Å². The molecule has 0 amide bonds. The average Bonchev–Trinajstić information content (AvgIpc) is 2.98. The first-order valence-electron chi connectivity index (χ1n) is 7.77. The van der Waals surface area contributed by atoms with Crippen molar-refractivity contribution in [1.82, 2.24) is 15.1 Å². The molecule has 1 aromatic rings. The van der Waals surface area contributed by atoms with Crippen molar-refractivity contribution in [2.45, 2.75) is 45.8 Å². The lowest BCUT2D eigenvalue weighted by molar-refractivity contribution is 0.249. The Morgan fingerprint density at radius 3 is 2.90 bits per heavy atom. The molecule has 4 nitrogen and oxygen atoms in total. The summed E-state index contributed by atoms with van der Waals surface area (Å²) in [6.45, 7) is 9.48. The van der Waals surface area contributed by atoms with Gasteiger partial charge in [0.05, 0.1) is 13.1 Å². The number of furan rings is 1. The van der Waals surface area contributed by atoms with Gasteiger partial charge in [-0.25, -0.2) is 0 Å². The lowest BCUT2D eigenvalue weighted by Crippen LogP contribution is -2.31. The van der Waals surface area contributed by atoms with Crippen molar-refractivity contribution in [1.29, 1.82) is 0 Å². The SMILES string of the molecule is CCCNCc1oc(CN2CCC(N(C)C)C2)cc1C. The Hall–Kier alpha value is -0.840. The van der Waals surface area contributed by atoms with Crippen molar-refractivity contribution in [2.75, 3.05) is 33.7 Å². The van der Waals surface area contributed by atoms with Gasteiger partial charge in [-0.1, -0.05) is 6.92 Å². The molecule has 1 aromatic heterocycles. The van der Waals surface area contributed by atoms with E-state index < -0.39 is 0 Å². The predicted molar refractivity (Wildman–Crippen MR) is 82.8 cm³/mol. The van der Waals surface area contributed by atoms with Gasteiger partial charge in [-0.05, 0) is 52.0 Å². The lowest BCUT2D eigenvalue weighted by Gasteiger charge is -2.19. The van der Waals surface area contributed by atoms with Gasteiger partial charge >= 0.3 is 0 Å². The number of likely N-dealkylation sites (tertiary alicyclic amines) is 1. The van der Waals surface area contributed by atoms with Gasteiger partial charge in [0.1, 0.15) is 11.5 Å². The third-order valence-electron chi connectivity index (χ3n) is 4.14. The summed E-state index contributed by atoms with van der Waals surface area (Å²) in [7, 11) is 4.34. The minimum atomic E-state index is 0.691. The zero-order valence-corrected chi connectivity index (χ0v) is 13.4. The van der Waals surface area contributed by atoms with Gasteiger partial charge in [-0.15, -0.1) is 0 Å². The summed E-state index contributed by atoms with van der Waals surface area (Å²) in [4.78, 5) is 4.82. The van der Waals surface area contributed by atoms with Crippen LogP contribution >= 0.6 is 0 Å². The van der Waals surface area contributed by atoms with Gasteiger partial charge in [-0.2, -0.15) is 0 Å². The Kier molecular flexibility index (Phi) is 5.64. The molecule has 0 bridgehead atoms. The number of rotatable bonds is 7. The Labute approximate surface area is 123 Å². The molecule has 0 radical (unpaired) electrons. The van der Waals surface area contributed by atoms with Gasteiger partial charge in [0.2, 0.25) is 0 Å². The Balaban J connectivity index is 1.86. The maximum atomic E-state index is 6.00. The molecular weight excluding hydrogens is 250 g/mol. The fourth-order valence-electron chi connectivity index (χ4n) is 2.82. The summed E-state index contributed by atoms with van der Waals surface area (Å²) in [5, 5.41) is 3.41. The fraction of sp³-hybridized carbons (Fsp3) is 0.750.